The summed E-state index contributed by atoms with van der Waals surface area (Å²) in [5, 5.41) is 11.2. The van der Waals surface area contributed by atoms with Gasteiger partial charge in [-0.1, -0.05) is 216 Å². The molecule has 0 aliphatic heterocycles. The van der Waals surface area contributed by atoms with Crippen molar-refractivity contribution in [2.24, 2.45) is 0 Å². The Bertz CT molecular complexity index is 2570. The summed E-state index contributed by atoms with van der Waals surface area (Å²) >= 11 is 0. The van der Waals surface area contributed by atoms with E-state index in [1.54, 1.807) is 0 Å². The second-order valence-corrected chi connectivity index (χ2v) is 17.0. The van der Waals surface area contributed by atoms with Gasteiger partial charge in [-0.15, -0.1) is 0 Å². The number of hydrogen-bond donors (Lipinski definition) is 2. The van der Waals surface area contributed by atoms with E-state index in [-0.39, 0.29) is 23.9 Å². The zero-order valence-electron chi connectivity index (χ0n) is 34.9. The molecule has 1 aliphatic carbocycles. The van der Waals surface area contributed by atoms with Crippen LogP contribution in [0.2, 0.25) is 0 Å². The SMILES string of the molecule is Cc1cc(C(c2ccccc2)c2ccccc2)cc(C(c2ccccc2)c2ccccc2)c1NC1c2cccc3cccc(c23)C1Nc1c(C(C)C)cccc1C(C)C. The molecule has 8 aromatic rings. The molecular weight excluding hydrogens is 713 g/mol. The van der Waals surface area contributed by atoms with Crippen LogP contribution in [-0.2, 0) is 0 Å². The van der Waals surface area contributed by atoms with Crippen LogP contribution in [0, 0.1) is 6.92 Å². The molecule has 8 aromatic carbocycles. The van der Waals surface area contributed by atoms with Crippen LogP contribution in [0.5, 0.6) is 0 Å². The number of para-hydroxylation sites is 1. The third kappa shape index (κ3) is 7.34. The van der Waals surface area contributed by atoms with E-state index in [4.69, 9.17) is 0 Å². The van der Waals surface area contributed by atoms with Crippen LogP contribution in [0.4, 0.5) is 11.4 Å². The van der Waals surface area contributed by atoms with Crippen molar-refractivity contribution >= 4 is 22.1 Å². The molecule has 2 heteroatoms. The van der Waals surface area contributed by atoms with Gasteiger partial charge < -0.3 is 10.6 Å². The predicted octanol–water partition coefficient (Wildman–Crippen LogP) is 15.1. The van der Waals surface area contributed by atoms with Crippen molar-refractivity contribution in [3.63, 3.8) is 0 Å². The minimum Gasteiger partial charge on any atom is -0.375 e. The normalized spacial score (nSPS) is 14.8. The maximum Gasteiger partial charge on any atom is 0.0763 e. The van der Waals surface area contributed by atoms with Crippen molar-refractivity contribution in [1.82, 2.24) is 0 Å². The predicted molar refractivity (Wildman–Crippen MR) is 250 cm³/mol. The van der Waals surface area contributed by atoms with Crippen LogP contribution < -0.4 is 10.6 Å². The van der Waals surface area contributed by atoms with Crippen molar-refractivity contribution in [3.05, 3.63) is 249 Å². The Morgan fingerprint density at radius 2 is 0.780 bits per heavy atom. The average Bonchev–Trinajstić information content (AvgIpc) is 3.56. The van der Waals surface area contributed by atoms with E-state index in [2.05, 4.69) is 233 Å². The molecule has 0 amide bonds. The van der Waals surface area contributed by atoms with Crippen molar-refractivity contribution in [2.75, 3.05) is 10.6 Å². The standard InChI is InChI=1S/C57H54N2/c1-37(2)46-31-20-32-47(38(3)4)55(46)59-57-49-34-19-30-44-29-18-33-48(53(44)49)56(57)58-54-39(5)35-45(51(40-21-10-6-11-22-40)41-23-12-7-13-24-41)36-50(54)52(42-25-14-8-15-26-42)43-27-16-9-17-28-43/h6-38,51-52,56-59H,1-5H3. The van der Waals surface area contributed by atoms with Crippen LogP contribution in [0.15, 0.2) is 188 Å². The van der Waals surface area contributed by atoms with Crippen LogP contribution in [0.3, 0.4) is 0 Å². The molecule has 2 N–H and O–H groups in total. The minimum absolute atomic E-state index is 0.00582. The number of rotatable bonds is 12. The van der Waals surface area contributed by atoms with E-state index in [9.17, 15) is 0 Å². The van der Waals surface area contributed by atoms with E-state index < -0.39 is 0 Å². The number of aryl methyl sites for hydroxylation is 1. The van der Waals surface area contributed by atoms with Gasteiger partial charge in [0.1, 0.15) is 0 Å². The van der Waals surface area contributed by atoms with E-state index in [1.165, 1.54) is 83.3 Å². The van der Waals surface area contributed by atoms with Gasteiger partial charge in [-0.05, 0) is 90.7 Å². The lowest BCUT2D eigenvalue weighted by Gasteiger charge is -2.33. The number of hydrogen-bond acceptors (Lipinski definition) is 2. The Balaban J connectivity index is 1.27. The fourth-order valence-corrected chi connectivity index (χ4v) is 9.77. The third-order valence-corrected chi connectivity index (χ3v) is 12.5. The molecule has 0 fully saturated rings. The topological polar surface area (TPSA) is 24.1 Å². The minimum atomic E-state index is -0.0362. The molecule has 292 valence electrons. The summed E-state index contributed by atoms with van der Waals surface area (Å²) in [4.78, 5) is 0. The summed E-state index contributed by atoms with van der Waals surface area (Å²) < 4.78 is 0. The summed E-state index contributed by atoms with van der Waals surface area (Å²) in [6.45, 7) is 11.6. The van der Waals surface area contributed by atoms with Crippen LogP contribution in [0.25, 0.3) is 10.8 Å². The maximum atomic E-state index is 4.36. The zero-order valence-corrected chi connectivity index (χ0v) is 34.9. The summed E-state index contributed by atoms with van der Waals surface area (Å²) in [6.07, 6.45) is 0. The molecule has 0 radical (unpaired) electrons. The molecule has 0 saturated heterocycles. The first-order chi connectivity index (χ1) is 28.9. The van der Waals surface area contributed by atoms with Crippen LogP contribution >= 0.6 is 0 Å². The van der Waals surface area contributed by atoms with Crippen LogP contribution in [-0.4, -0.2) is 0 Å². The van der Waals surface area contributed by atoms with Gasteiger partial charge in [0.25, 0.3) is 0 Å². The molecule has 2 unspecified atom stereocenters. The van der Waals surface area contributed by atoms with Crippen molar-refractivity contribution in [2.45, 2.75) is 70.4 Å². The second-order valence-electron chi connectivity index (χ2n) is 17.0. The molecule has 0 aromatic heterocycles. The monoisotopic (exact) mass is 766 g/mol. The molecule has 0 bridgehead atoms. The number of anilines is 2. The summed E-state index contributed by atoms with van der Waals surface area (Å²) in [5.74, 6) is 0.814. The molecule has 1 aliphatic rings. The highest BCUT2D eigenvalue weighted by molar-refractivity contribution is 5.93. The number of benzene rings is 8. The molecular formula is C57H54N2. The van der Waals surface area contributed by atoms with Gasteiger partial charge in [0.15, 0.2) is 0 Å². The Labute approximate surface area is 351 Å². The van der Waals surface area contributed by atoms with Crippen molar-refractivity contribution < 1.29 is 0 Å². The summed E-state index contributed by atoms with van der Waals surface area (Å²) in [6, 6.07) is 69.6. The van der Waals surface area contributed by atoms with Gasteiger partial charge in [0.05, 0.1) is 12.1 Å². The quantitative estimate of drug-likeness (QED) is 0.121. The molecule has 0 heterocycles. The largest absolute Gasteiger partial charge is 0.375 e. The van der Waals surface area contributed by atoms with E-state index >= 15 is 0 Å². The Hall–Kier alpha value is -6.38. The first-order valence-corrected chi connectivity index (χ1v) is 21.4. The molecule has 2 atom stereocenters. The average molecular weight is 767 g/mol. The number of nitrogens with one attached hydrogen (secondary N) is 2. The molecule has 59 heavy (non-hydrogen) atoms. The van der Waals surface area contributed by atoms with Crippen molar-refractivity contribution in [3.8, 4) is 0 Å². The molecule has 2 nitrogen and oxygen atoms in total. The molecule has 0 saturated carbocycles. The zero-order chi connectivity index (χ0) is 40.5. The first kappa shape index (κ1) is 38.2. The smallest absolute Gasteiger partial charge is 0.0763 e. The fraction of sp³-hybridized carbons (Fsp3) is 0.193. The highest BCUT2D eigenvalue weighted by atomic mass is 15.0. The first-order valence-electron chi connectivity index (χ1n) is 21.4. The maximum absolute atomic E-state index is 4.36. The van der Waals surface area contributed by atoms with Gasteiger partial charge in [-0.2, -0.15) is 0 Å². The Morgan fingerprint density at radius 1 is 0.373 bits per heavy atom. The summed E-state index contributed by atoms with van der Waals surface area (Å²) in [7, 11) is 0. The van der Waals surface area contributed by atoms with Gasteiger partial charge in [0.2, 0.25) is 0 Å². The molecule has 0 spiro atoms. The van der Waals surface area contributed by atoms with Crippen molar-refractivity contribution in [1.29, 1.82) is 0 Å². The second kappa shape index (κ2) is 16.5. The fourth-order valence-electron chi connectivity index (χ4n) is 9.77. The van der Waals surface area contributed by atoms with E-state index in [0.29, 0.717) is 11.8 Å². The lowest BCUT2D eigenvalue weighted by molar-refractivity contribution is 0.673. The van der Waals surface area contributed by atoms with Gasteiger partial charge in [-0.3, -0.25) is 0 Å². The lowest BCUT2D eigenvalue weighted by atomic mass is 9.78. The van der Waals surface area contributed by atoms with Gasteiger partial charge in [0, 0.05) is 23.2 Å². The summed E-state index contributed by atoms with van der Waals surface area (Å²) in [5.41, 5.74) is 16.8. The molecule has 9 rings (SSSR count). The van der Waals surface area contributed by atoms with Crippen LogP contribution in [0.1, 0.15) is 125 Å². The van der Waals surface area contributed by atoms with E-state index in [0.717, 1.165) is 0 Å². The van der Waals surface area contributed by atoms with Gasteiger partial charge >= 0.3 is 0 Å². The highest BCUT2D eigenvalue weighted by Gasteiger charge is 2.37. The van der Waals surface area contributed by atoms with Gasteiger partial charge in [-0.25, -0.2) is 0 Å². The Morgan fingerprint density at radius 3 is 1.22 bits per heavy atom. The highest BCUT2D eigenvalue weighted by Crippen LogP contribution is 2.51. The third-order valence-electron chi connectivity index (χ3n) is 12.5. The van der Waals surface area contributed by atoms with E-state index in [1.807, 2.05) is 0 Å². The Kier molecular flexibility index (Phi) is 10.7. The lowest BCUT2D eigenvalue weighted by Crippen LogP contribution is -2.24.